The molecule has 0 saturated carbocycles. The molecule has 1 rings (SSSR count). The maximum atomic E-state index is 13.1. The number of carbonyl (C=O) groups is 1. The molecule has 0 saturated heterocycles. The zero-order valence-electron chi connectivity index (χ0n) is 12.6. The molecule has 4 nitrogen and oxygen atoms in total. The van der Waals surface area contributed by atoms with E-state index in [4.69, 9.17) is 9.47 Å². The molecule has 0 aromatic heterocycles. The van der Waals surface area contributed by atoms with E-state index in [2.05, 4.69) is 0 Å². The summed E-state index contributed by atoms with van der Waals surface area (Å²) >= 11 is 0. The van der Waals surface area contributed by atoms with Crippen LogP contribution in [0.15, 0.2) is 18.2 Å². The predicted molar refractivity (Wildman–Crippen MR) is 77.6 cm³/mol. The lowest BCUT2D eigenvalue weighted by atomic mass is 10.1. The van der Waals surface area contributed by atoms with Crippen LogP contribution in [0.2, 0.25) is 0 Å². The van der Waals surface area contributed by atoms with E-state index in [1.54, 1.807) is 13.8 Å². The minimum Gasteiger partial charge on any atom is -0.493 e. The first-order valence-electron chi connectivity index (χ1n) is 7.30. The molecule has 21 heavy (non-hydrogen) atoms. The summed E-state index contributed by atoms with van der Waals surface area (Å²) in [6.45, 7) is 4.23. The van der Waals surface area contributed by atoms with E-state index < -0.39 is 11.9 Å². The summed E-state index contributed by atoms with van der Waals surface area (Å²) in [7, 11) is 0. The average Bonchev–Trinajstić information content (AvgIpc) is 2.44. The number of aliphatic hydroxyl groups excluding tert-OH is 1. The van der Waals surface area contributed by atoms with Gasteiger partial charge in [-0.25, -0.2) is 4.39 Å². The second kappa shape index (κ2) is 9.34. The lowest BCUT2D eigenvalue weighted by Crippen LogP contribution is -2.05. The van der Waals surface area contributed by atoms with Crippen molar-refractivity contribution in [2.45, 2.75) is 45.6 Å². The topological polar surface area (TPSA) is 55.8 Å². The van der Waals surface area contributed by atoms with Crippen molar-refractivity contribution in [3.8, 4) is 5.75 Å². The van der Waals surface area contributed by atoms with E-state index >= 15 is 0 Å². The Morgan fingerprint density at radius 3 is 2.76 bits per heavy atom. The van der Waals surface area contributed by atoms with Crippen LogP contribution in [-0.4, -0.2) is 24.3 Å². The lowest BCUT2D eigenvalue weighted by Gasteiger charge is -2.13. The summed E-state index contributed by atoms with van der Waals surface area (Å²) in [6, 6.07) is 4.11. The number of ether oxygens (including phenoxy) is 2. The van der Waals surface area contributed by atoms with Gasteiger partial charge in [-0.2, -0.15) is 0 Å². The van der Waals surface area contributed by atoms with Gasteiger partial charge in [-0.05, 0) is 51.3 Å². The van der Waals surface area contributed by atoms with Gasteiger partial charge in [0, 0.05) is 12.0 Å². The Morgan fingerprint density at radius 2 is 2.10 bits per heavy atom. The van der Waals surface area contributed by atoms with Crippen LogP contribution in [0.3, 0.4) is 0 Å². The van der Waals surface area contributed by atoms with Gasteiger partial charge in [0.2, 0.25) is 0 Å². The first-order valence-corrected chi connectivity index (χ1v) is 7.30. The third kappa shape index (κ3) is 6.58. The highest BCUT2D eigenvalue weighted by Crippen LogP contribution is 2.26. The van der Waals surface area contributed by atoms with Crippen molar-refractivity contribution in [2.24, 2.45) is 0 Å². The molecule has 0 fully saturated rings. The second-order valence-corrected chi connectivity index (χ2v) is 4.82. The zero-order valence-corrected chi connectivity index (χ0v) is 12.6. The number of benzene rings is 1. The first-order chi connectivity index (χ1) is 10.0. The molecule has 5 heteroatoms. The number of carbonyl (C=O) groups excluding carboxylic acids is 1. The Balaban J connectivity index is 2.28. The number of esters is 1. The number of hydrogen-bond acceptors (Lipinski definition) is 4. The SMILES string of the molecule is CCOC(=O)CCCCCOc1ccc(F)cc1C(C)O. The number of aliphatic hydroxyl groups is 1. The average molecular weight is 298 g/mol. The molecular formula is C16H23FO4. The Kier molecular flexibility index (Phi) is 7.75. The van der Waals surface area contributed by atoms with E-state index in [1.165, 1.54) is 18.2 Å². The highest BCUT2D eigenvalue weighted by atomic mass is 19.1. The van der Waals surface area contributed by atoms with Gasteiger partial charge in [-0.1, -0.05) is 0 Å². The van der Waals surface area contributed by atoms with Crippen LogP contribution in [0.5, 0.6) is 5.75 Å². The fourth-order valence-electron chi connectivity index (χ4n) is 1.94. The van der Waals surface area contributed by atoms with Crippen molar-refractivity contribution in [2.75, 3.05) is 13.2 Å². The molecule has 0 spiro atoms. The van der Waals surface area contributed by atoms with Crippen LogP contribution in [0.4, 0.5) is 4.39 Å². The van der Waals surface area contributed by atoms with E-state index in [0.29, 0.717) is 30.9 Å². The van der Waals surface area contributed by atoms with Crippen LogP contribution in [-0.2, 0) is 9.53 Å². The summed E-state index contributed by atoms with van der Waals surface area (Å²) in [4.78, 5) is 11.1. The predicted octanol–water partition coefficient (Wildman–Crippen LogP) is 3.38. The molecule has 118 valence electrons. The molecule has 1 N–H and O–H groups in total. The van der Waals surface area contributed by atoms with Gasteiger partial charge in [-0.15, -0.1) is 0 Å². The van der Waals surface area contributed by atoms with Crippen LogP contribution >= 0.6 is 0 Å². The summed E-state index contributed by atoms with van der Waals surface area (Å²) in [5, 5.41) is 9.58. The first kappa shape index (κ1) is 17.4. The van der Waals surface area contributed by atoms with Gasteiger partial charge in [0.25, 0.3) is 0 Å². The van der Waals surface area contributed by atoms with Crippen molar-refractivity contribution < 1.29 is 23.8 Å². The molecule has 0 aliphatic carbocycles. The van der Waals surface area contributed by atoms with Gasteiger partial charge < -0.3 is 14.6 Å². The van der Waals surface area contributed by atoms with Gasteiger partial charge in [0.05, 0.1) is 19.3 Å². The van der Waals surface area contributed by atoms with Gasteiger partial charge in [0.1, 0.15) is 11.6 Å². The van der Waals surface area contributed by atoms with Gasteiger partial charge in [0.15, 0.2) is 0 Å². The molecule has 0 aliphatic heterocycles. The Bertz CT molecular complexity index is 446. The molecule has 0 bridgehead atoms. The largest absolute Gasteiger partial charge is 0.493 e. The van der Waals surface area contributed by atoms with Gasteiger partial charge >= 0.3 is 5.97 Å². The van der Waals surface area contributed by atoms with Gasteiger partial charge in [-0.3, -0.25) is 4.79 Å². The van der Waals surface area contributed by atoms with Crippen molar-refractivity contribution in [1.29, 1.82) is 0 Å². The highest BCUT2D eigenvalue weighted by molar-refractivity contribution is 5.69. The molecular weight excluding hydrogens is 275 g/mol. The quantitative estimate of drug-likeness (QED) is 0.561. The van der Waals surface area contributed by atoms with Crippen LogP contribution in [0.25, 0.3) is 0 Å². The van der Waals surface area contributed by atoms with Crippen molar-refractivity contribution in [1.82, 2.24) is 0 Å². The maximum Gasteiger partial charge on any atom is 0.305 e. The molecule has 1 atom stereocenters. The minimum absolute atomic E-state index is 0.173. The van der Waals surface area contributed by atoms with Crippen LogP contribution in [0.1, 0.15) is 51.2 Å². The van der Waals surface area contributed by atoms with Crippen molar-refractivity contribution in [3.63, 3.8) is 0 Å². The Labute approximate surface area is 124 Å². The monoisotopic (exact) mass is 298 g/mol. The molecule has 1 aromatic carbocycles. The standard InChI is InChI=1S/C16H23FO4/c1-3-20-16(19)7-5-4-6-10-21-15-9-8-13(17)11-14(15)12(2)18/h8-9,11-12,18H,3-7,10H2,1-2H3. The fraction of sp³-hybridized carbons (Fsp3) is 0.562. The Hall–Kier alpha value is -1.62. The summed E-state index contributed by atoms with van der Waals surface area (Å²) in [5.41, 5.74) is 0.446. The molecule has 0 aliphatic rings. The third-order valence-electron chi connectivity index (χ3n) is 3.01. The number of rotatable bonds is 9. The molecule has 0 radical (unpaired) electrons. The summed E-state index contributed by atoms with van der Waals surface area (Å²) in [6.07, 6.45) is 2.04. The van der Waals surface area contributed by atoms with E-state index in [1.807, 2.05) is 0 Å². The number of unbranched alkanes of at least 4 members (excludes halogenated alkanes) is 2. The van der Waals surface area contributed by atoms with E-state index in [0.717, 1.165) is 19.3 Å². The number of hydrogen-bond donors (Lipinski definition) is 1. The lowest BCUT2D eigenvalue weighted by molar-refractivity contribution is -0.143. The molecule has 1 unspecified atom stereocenters. The normalized spacial score (nSPS) is 12.0. The molecule has 1 aromatic rings. The zero-order chi connectivity index (χ0) is 15.7. The molecule has 0 amide bonds. The van der Waals surface area contributed by atoms with E-state index in [-0.39, 0.29) is 5.97 Å². The minimum atomic E-state index is -0.778. The summed E-state index contributed by atoms with van der Waals surface area (Å²) in [5.74, 6) is -0.0715. The van der Waals surface area contributed by atoms with E-state index in [9.17, 15) is 14.3 Å². The molecule has 0 heterocycles. The summed E-state index contributed by atoms with van der Waals surface area (Å²) < 4.78 is 23.5. The third-order valence-corrected chi connectivity index (χ3v) is 3.01. The maximum absolute atomic E-state index is 13.1. The second-order valence-electron chi connectivity index (χ2n) is 4.82. The van der Waals surface area contributed by atoms with Crippen LogP contribution in [0, 0.1) is 5.82 Å². The number of halogens is 1. The smallest absolute Gasteiger partial charge is 0.305 e. The Morgan fingerprint density at radius 1 is 1.33 bits per heavy atom. The fourth-order valence-corrected chi connectivity index (χ4v) is 1.94. The van der Waals surface area contributed by atoms with Crippen LogP contribution < -0.4 is 4.74 Å². The highest BCUT2D eigenvalue weighted by Gasteiger charge is 2.10. The van der Waals surface area contributed by atoms with Crippen molar-refractivity contribution in [3.05, 3.63) is 29.6 Å². The van der Waals surface area contributed by atoms with Crippen molar-refractivity contribution >= 4 is 5.97 Å².